The number of hydrogen-bond acceptors (Lipinski definition) is 4. The summed E-state index contributed by atoms with van der Waals surface area (Å²) in [4.78, 5) is 11.0. The van der Waals surface area contributed by atoms with Crippen LogP contribution in [0.15, 0.2) is 18.2 Å². The number of carboxylic acid groups (broad SMARTS) is 1. The molecule has 0 bridgehead atoms. The van der Waals surface area contributed by atoms with Gasteiger partial charge in [0.05, 0.1) is 18.6 Å². The summed E-state index contributed by atoms with van der Waals surface area (Å²) in [5.74, 6) is -0.827. The quantitative estimate of drug-likeness (QED) is 0.905. The summed E-state index contributed by atoms with van der Waals surface area (Å²) < 4.78 is 30.3. The molecule has 1 heterocycles. The standard InChI is InChI=1S/C12H15NO5S/c1-18-11-8-9(4-5-10(11)12(14)15)13-6-2-3-7-19(13,16)17/h4-5,8H,2-3,6-7H2,1H3,(H,14,15). The highest BCUT2D eigenvalue weighted by Crippen LogP contribution is 2.29. The fourth-order valence-electron chi connectivity index (χ4n) is 2.09. The Labute approximate surface area is 111 Å². The first kappa shape index (κ1) is 13.7. The minimum Gasteiger partial charge on any atom is -0.496 e. The van der Waals surface area contributed by atoms with Crippen LogP contribution in [0.25, 0.3) is 0 Å². The number of ether oxygens (including phenoxy) is 1. The Hall–Kier alpha value is -1.76. The zero-order valence-electron chi connectivity index (χ0n) is 10.5. The predicted molar refractivity (Wildman–Crippen MR) is 70.3 cm³/mol. The number of benzene rings is 1. The zero-order valence-corrected chi connectivity index (χ0v) is 11.3. The minimum atomic E-state index is -3.30. The normalized spacial score (nSPS) is 18.1. The molecule has 0 saturated carbocycles. The number of methoxy groups -OCH3 is 1. The maximum atomic E-state index is 12.0. The van der Waals surface area contributed by atoms with Crippen LogP contribution >= 0.6 is 0 Å². The van der Waals surface area contributed by atoms with Gasteiger partial charge in [-0.1, -0.05) is 0 Å². The SMILES string of the molecule is COc1cc(N2CCCCS2(=O)=O)ccc1C(=O)O. The number of carboxylic acids is 1. The molecule has 0 spiro atoms. The van der Waals surface area contributed by atoms with Crippen LogP contribution in [0.5, 0.6) is 5.75 Å². The molecule has 1 aromatic carbocycles. The molecule has 1 N–H and O–H groups in total. The Morgan fingerprint density at radius 2 is 2.11 bits per heavy atom. The van der Waals surface area contributed by atoms with Gasteiger partial charge in [-0.15, -0.1) is 0 Å². The molecule has 6 nitrogen and oxygen atoms in total. The van der Waals surface area contributed by atoms with Gasteiger partial charge in [0.2, 0.25) is 10.0 Å². The highest BCUT2D eigenvalue weighted by atomic mass is 32.2. The van der Waals surface area contributed by atoms with Crippen LogP contribution in [0.3, 0.4) is 0 Å². The summed E-state index contributed by atoms with van der Waals surface area (Å²) in [6.07, 6.45) is 1.45. The highest BCUT2D eigenvalue weighted by Gasteiger charge is 2.27. The minimum absolute atomic E-state index is 0.0145. The molecule has 1 fully saturated rings. The number of sulfonamides is 1. The Morgan fingerprint density at radius 1 is 1.37 bits per heavy atom. The number of hydrogen-bond donors (Lipinski definition) is 1. The van der Waals surface area contributed by atoms with Gasteiger partial charge in [0.15, 0.2) is 0 Å². The summed E-state index contributed by atoms with van der Waals surface area (Å²) >= 11 is 0. The third-order valence-corrected chi connectivity index (χ3v) is 4.92. The van der Waals surface area contributed by atoms with E-state index in [1.165, 1.54) is 29.6 Å². The van der Waals surface area contributed by atoms with Crippen molar-refractivity contribution in [1.82, 2.24) is 0 Å². The first-order chi connectivity index (χ1) is 8.95. The van der Waals surface area contributed by atoms with Crippen molar-refractivity contribution < 1.29 is 23.1 Å². The molecule has 7 heteroatoms. The first-order valence-corrected chi connectivity index (χ1v) is 7.48. The molecule has 0 aromatic heterocycles. The first-order valence-electron chi connectivity index (χ1n) is 5.87. The average molecular weight is 285 g/mol. The van der Waals surface area contributed by atoms with Gasteiger partial charge < -0.3 is 9.84 Å². The lowest BCUT2D eigenvalue weighted by Gasteiger charge is -2.28. The molecular formula is C12H15NO5S. The number of anilines is 1. The topological polar surface area (TPSA) is 83.9 Å². The molecule has 0 aliphatic carbocycles. The van der Waals surface area contributed by atoms with Crippen molar-refractivity contribution in [2.24, 2.45) is 0 Å². The van der Waals surface area contributed by atoms with Crippen molar-refractivity contribution in [3.63, 3.8) is 0 Å². The molecule has 1 aliphatic heterocycles. The third-order valence-electron chi connectivity index (χ3n) is 3.05. The molecule has 0 radical (unpaired) electrons. The van der Waals surface area contributed by atoms with E-state index in [1.807, 2.05) is 0 Å². The van der Waals surface area contributed by atoms with E-state index in [9.17, 15) is 13.2 Å². The van der Waals surface area contributed by atoms with Gasteiger partial charge >= 0.3 is 5.97 Å². The van der Waals surface area contributed by atoms with Crippen LogP contribution in [0, 0.1) is 0 Å². The Kier molecular flexibility index (Phi) is 3.66. The van der Waals surface area contributed by atoms with Crippen LogP contribution in [-0.2, 0) is 10.0 Å². The maximum absolute atomic E-state index is 12.0. The van der Waals surface area contributed by atoms with E-state index in [0.29, 0.717) is 18.7 Å². The molecule has 1 aliphatic rings. The molecule has 1 saturated heterocycles. The van der Waals surface area contributed by atoms with Crippen molar-refractivity contribution >= 4 is 21.7 Å². The maximum Gasteiger partial charge on any atom is 0.339 e. The summed E-state index contributed by atoms with van der Waals surface area (Å²) in [7, 11) is -1.95. The molecule has 19 heavy (non-hydrogen) atoms. The second-order valence-electron chi connectivity index (χ2n) is 4.28. The van der Waals surface area contributed by atoms with E-state index < -0.39 is 16.0 Å². The lowest BCUT2D eigenvalue weighted by atomic mass is 10.1. The summed E-state index contributed by atoms with van der Waals surface area (Å²) in [6, 6.07) is 4.31. The van der Waals surface area contributed by atoms with Crippen LogP contribution in [-0.4, -0.2) is 38.9 Å². The number of carbonyl (C=O) groups is 1. The summed E-state index contributed by atoms with van der Waals surface area (Å²) in [6.45, 7) is 0.415. The average Bonchev–Trinajstić information content (AvgIpc) is 2.37. The van der Waals surface area contributed by atoms with Crippen molar-refractivity contribution in [2.45, 2.75) is 12.8 Å². The predicted octanol–water partition coefficient (Wildman–Crippen LogP) is 1.32. The van der Waals surface area contributed by atoms with Gasteiger partial charge in [0, 0.05) is 12.6 Å². The van der Waals surface area contributed by atoms with Gasteiger partial charge in [0.25, 0.3) is 0 Å². The van der Waals surface area contributed by atoms with Gasteiger partial charge in [-0.2, -0.15) is 0 Å². The van der Waals surface area contributed by atoms with Gasteiger partial charge in [-0.3, -0.25) is 4.31 Å². The van der Waals surface area contributed by atoms with Crippen LogP contribution in [0.1, 0.15) is 23.2 Å². The smallest absolute Gasteiger partial charge is 0.339 e. The number of nitrogens with zero attached hydrogens (tertiary/aromatic N) is 1. The second-order valence-corrected chi connectivity index (χ2v) is 6.30. The zero-order chi connectivity index (χ0) is 14.0. The second kappa shape index (κ2) is 5.08. The Bertz CT molecular complexity index is 596. The van der Waals surface area contributed by atoms with E-state index >= 15 is 0 Å². The van der Waals surface area contributed by atoms with E-state index in [1.54, 1.807) is 0 Å². The van der Waals surface area contributed by atoms with E-state index in [0.717, 1.165) is 6.42 Å². The van der Waals surface area contributed by atoms with E-state index in [-0.39, 0.29) is 17.1 Å². The van der Waals surface area contributed by atoms with Gasteiger partial charge in [0.1, 0.15) is 11.3 Å². The molecule has 104 valence electrons. The Balaban J connectivity index is 2.43. The lowest BCUT2D eigenvalue weighted by Crippen LogP contribution is -2.37. The molecular weight excluding hydrogens is 270 g/mol. The van der Waals surface area contributed by atoms with Crippen molar-refractivity contribution in [3.05, 3.63) is 23.8 Å². The van der Waals surface area contributed by atoms with E-state index in [2.05, 4.69) is 0 Å². The van der Waals surface area contributed by atoms with Gasteiger partial charge in [-0.05, 0) is 25.0 Å². The number of aromatic carboxylic acids is 1. The van der Waals surface area contributed by atoms with Crippen molar-refractivity contribution in [2.75, 3.05) is 23.7 Å². The molecule has 0 atom stereocenters. The largest absolute Gasteiger partial charge is 0.496 e. The fraction of sp³-hybridized carbons (Fsp3) is 0.417. The van der Waals surface area contributed by atoms with Crippen LogP contribution in [0.4, 0.5) is 5.69 Å². The van der Waals surface area contributed by atoms with Crippen molar-refractivity contribution in [1.29, 1.82) is 0 Å². The van der Waals surface area contributed by atoms with Crippen LogP contribution < -0.4 is 9.04 Å². The van der Waals surface area contributed by atoms with Crippen molar-refractivity contribution in [3.8, 4) is 5.75 Å². The lowest BCUT2D eigenvalue weighted by molar-refractivity contribution is 0.0693. The summed E-state index contributed by atoms with van der Waals surface area (Å²) in [5, 5.41) is 8.99. The van der Waals surface area contributed by atoms with Crippen LogP contribution in [0.2, 0.25) is 0 Å². The highest BCUT2D eigenvalue weighted by molar-refractivity contribution is 7.92. The molecule has 0 amide bonds. The molecule has 2 rings (SSSR count). The van der Waals surface area contributed by atoms with E-state index in [4.69, 9.17) is 9.84 Å². The summed E-state index contributed by atoms with van der Waals surface area (Å²) in [5.41, 5.74) is 0.460. The fourth-order valence-corrected chi connectivity index (χ4v) is 3.72. The number of rotatable bonds is 3. The molecule has 0 unspecified atom stereocenters. The Morgan fingerprint density at radius 3 is 2.68 bits per heavy atom. The third kappa shape index (κ3) is 2.65. The van der Waals surface area contributed by atoms with Gasteiger partial charge in [-0.25, -0.2) is 13.2 Å². The monoisotopic (exact) mass is 285 g/mol. The molecule has 1 aromatic rings.